The van der Waals surface area contributed by atoms with Crippen molar-refractivity contribution in [3.05, 3.63) is 35.9 Å². The van der Waals surface area contributed by atoms with Gasteiger partial charge in [0.25, 0.3) is 0 Å². The van der Waals surface area contributed by atoms with Gasteiger partial charge in [-0.15, -0.1) is 0 Å². The molecule has 1 N–H and O–H groups in total. The third kappa shape index (κ3) is 3.62. The first-order valence-corrected chi connectivity index (χ1v) is 6.16. The van der Waals surface area contributed by atoms with E-state index in [1.165, 1.54) is 18.4 Å². The SMILES string of the molecule is CN(CCc1ccccc1)CC(O)C1CC1. The molecule has 2 rings (SSSR count). The molecule has 16 heavy (non-hydrogen) atoms. The Morgan fingerprint density at radius 2 is 2.00 bits per heavy atom. The average molecular weight is 219 g/mol. The van der Waals surface area contributed by atoms with E-state index in [1.807, 2.05) is 6.07 Å². The van der Waals surface area contributed by atoms with E-state index >= 15 is 0 Å². The maximum atomic E-state index is 9.81. The quantitative estimate of drug-likeness (QED) is 0.790. The standard InChI is InChI=1S/C14H21NO/c1-15(11-14(16)13-7-8-13)10-9-12-5-3-2-4-6-12/h2-6,13-14,16H,7-11H2,1H3. The molecule has 0 aliphatic heterocycles. The summed E-state index contributed by atoms with van der Waals surface area (Å²) in [5, 5.41) is 9.81. The Morgan fingerprint density at radius 1 is 1.31 bits per heavy atom. The van der Waals surface area contributed by atoms with Gasteiger partial charge in [-0.05, 0) is 37.8 Å². The number of rotatable bonds is 6. The Hall–Kier alpha value is -0.860. The molecule has 0 radical (unpaired) electrons. The molecule has 0 heterocycles. The zero-order valence-electron chi connectivity index (χ0n) is 9.97. The molecule has 0 aromatic heterocycles. The number of benzene rings is 1. The molecule has 1 aliphatic rings. The van der Waals surface area contributed by atoms with Gasteiger partial charge < -0.3 is 10.0 Å². The lowest BCUT2D eigenvalue weighted by molar-refractivity contribution is 0.107. The molecular weight excluding hydrogens is 198 g/mol. The van der Waals surface area contributed by atoms with E-state index in [1.54, 1.807) is 0 Å². The molecule has 1 aromatic carbocycles. The Balaban J connectivity index is 1.69. The molecule has 2 heteroatoms. The van der Waals surface area contributed by atoms with Gasteiger partial charge in [-0.3, -0.25) is 0 Å². The van der Waals surface area contributed by atoms with Crippen LogP contribution in [-0.4, -0.2) is 36.2 Å². The zero-order chi connectivity index (χ0) is 11.4. The molecule has 0 bridgehead atoms. The van der Waals surface area contributed by atoms with Gasteiger partial charge >= 0.3 is 0 Å². The highest BCUT2D eigenvalue weighted by molar-refractivity contribution is 5.14. The predicted octanol–water partition coefficient (Wildman–Crippen LogP) is 1.93. The molecule has 1 atom stereocenters. The first kappa shape index (κ1) is 11.6. The second kappa shape index (κ2) is 5.46. The van der Waals surface area contributed by atoms with Crippen molar-refractivity contribution >= 4 is 0 Å². The van der Waals surface area contributed by atoms with E-state index in [-0.39, 0.29) is 6.10 Å². The van der Waals surface area contributed by atoms with Crippen molar-refractivity contribution in [2.45, 2.75) is 25.4 Å². The summed E-state index contributed by atoms with van der Waals surface area (Å²) in [6, 6.07) is 10.5. The molecule has 88 valence electrons. The third-order valence-corrected chi connectivity index (χ3v) is 3.29. The lowest BCUT2D eigenvalue weighted by atomic mass is 10.1. The van der Waals surface area contributed by atoms with Crippen LogP contribution in [0.5, 0.6) is 0 Å². The molecular formula is C14H21NO. The van der Waals surface area contributed by atoms with Gasteiger partial charge in [0.2, 0.25) is 0 Å². The van der Waals surface area contributed by atoms with Crippen LogP contribution >= 0.6 is 0 Å². The summed E-state index contributed by atoms with van der Waals surface area (Å²) >= 11 is 0. The topological polar surface area (TPSA) is 23.5 Å². The number of aliphatic hydroxyl groups excluding tert-OH is 1. The van der Waals surface area contributed by atoms with Crippen LogP contribution in [0.3, 0.4) is 0 Å². The van der Waals surface area contributed by atoms with Crippen molar-refractivity contribution in [1.29, 1.82) is 0 Å². The summed E-state index contributed by atoms with van der Waals surface area (Å²) in [5.74, 6) is 0.583. The highest BCUT2D eigenvalue weighted by Crippen LogP contribution is 2.32. The number of aliphatic hydroxyl groups is 1. The van der Waals surface area contributed by atoms with E-state index in [9.17, 15) is 5.11 Å². The zero-order valence-corrected chi connectivity index (χ0v) is 9.97. The second-order valence-corrected chi connectivity index (χ2v) is 4.90. The fourth-order valence-electron chi connectivity index (χ4n) is 2.01. The average Bonchev–Trinajstić information content (AvgIpc) is 3.11. The molecule has 0 spiro atoms. The van der Waals surface area contributed by atoms with Gasteiger partial charge in [-0.25, -0.2) is 0 Å². The van der Waals surface area contributed by atoms with Crippen LogP contribution in [0, 0.1) is 5.92 Å². The van der Waals surface area contributed by atoms with E-state index in [2.05, 4.69) is 36.2 Å². The fourth-order valence-corrected chi connectivity index (χ4v) is 2.01. The van der Waals surface area contributed by atoms with Gasteiger partial charge in [0.05, 0.1) is 6.10 Å². The lowest BCUT2D eigenvalue weighted by Gasteiger charge is -2.20. The van der Waals surface area contributed by atoms with E-state index < -0.39 is 0 Å². The van der Waals surface area contributed by atoms with Crippen molar-refractivity contribution < 1.29 is 5.11 Å². The lowest BCUT2D eigenvalue weighted by Crippen LogP contribution is -2.31. The smallest absolute Gasteiger partial charge is 0.0695 e. The summed E-state index contributed by atoms with van der Waals surface area (Å²) in [5.41, 5.74) is 1.37. The number of nitrogens with zero attached hydrogens (tertiary/aromatic N) is 1. The molecule has 2 nitrogen and oxygen atoms in total. The summed E-state index contributed by atoms with van der Waals surface area (Å²) in [6.45, 7) is 1.84. The van der Waals surface area contributed by atoms with Crippen molar-refractivity contribution in [2.75, 3.05) is 20.1 Å². The van der Waals surface area contributed by atoms with Gasteiger partial charge in [-0.1, -0.05) is 30.3 Å². The normalized spacial score (nSPS) is 17.7. The van der Waals surface area contributed by atoms with Crippen LogP contribution in [0.25, 0.3) is 0 Å². The van der Waals surface area contributed by atoms with Crippen LogP contribution in [0.4, 0.5) is 0 Å². The fraction of sp³-hybridized carbons (Fsp3) is 0.571. The van der Waals surface area contributed by atoms with Crippen molar-refractivity contribution in [3.63, 3.8) is 0 Å². The third-order valence-electron chi connectivity index (χ3n) is 3.29. The highest BCUT2D eigenvalue weighted by Gasteiger charge is 2.29. The molecule has 1 aromatic rings. The highest BCUT2D eigenvalue weighted by atomic mass is 16.3. The van der Waals surface area contributed by atoms with E-state index in [0.29, 0.717) is 5.92 Å². The first-order chi connectivity index (χ1) is 7.75. The van der Waals surface area contributed by atoms with E-state index in [0.717, 1.165) is 19.5 Å². The largest absolute Gasteiger partial charge is 0.392 e. The maximum Gasteiger partial charge on any atom is 0.0695 e. The van der Waals surface area contributed by atoms with Crippen LogP contribution in [0.1, 0.15) is 18.4 Å². The number of hydrogen-bond donors (Lipinski definition) is 1. The first-order valence-electron chi connectivity index (χ1n) is 6.16. The van der Waals surface area contributed by atoms with Gasteiger partial charge in [0.15, 0.2) is 0 Å². The number of likely N-dealkylation sites (N-methyl/N-ethyl adjacent to an activating group) is 1. The van der Waals surface area contributed by atoms with Gasteiger partial charge in [0.1, 0.15) is 0 Å². The second-order valence-electron chi connectivity index (χ2n) is 4.90. The summed E-state index contributed by atoms with van der Waals surface area (Å²) in [6.07, 6.45) is 3.39. The minimum Gasteiger partial charge on any atom is -0.392 e. The molecule has 1 fully saturated rings. The summed E-state index contributed by atoms with van der Waals surface area (Å²) in [7, 11) is 2.09. The minimum absolute atomic E-state index is 0.110. The molecule has 0 amide bonds. The molecule has 1 aliphatic carbocycles. The summed E-state index contributed by atoms with van der Waals surface area (Å²) in [4.78, 5) is 2.23. The van der Waals surface area contributed by atoms with Crippen molar-refractivity contribution in [2.24, 2.45) is 5.92 Å². The summed E-state index contributed by atoms with van der Waals surface area (Å²) < 4.78 is 0. The Kier molecular flexibility index (Phi) is 3.97. The Morgan fingerprint density at radius 3 is 2.62 bits per heavy atom. The molecule has 1 unspecified atom stereocenters. The van der Waals surface area contributed by atoms with Crippen LogP contribution < -0.4 is 0 Å². The van der Waals surface area contributed by atoms with Crippen molar-refractivity contribution in [3.8, 4) is 0 Å². The van der Waals surface area contributed by atoms with Crippen molar-refractivity contribution in [1.82, 2.24) is 4.90 Å². The monoisotopic (exact) mass is 219 g/mol. The van der Waals surface area contributed by atoms with Gasteiger partial charge in [0, 0.05) is 13.1 Å². The minimum atomic E-state index is -0.110. The number of hydrogen-bond acceptors (Lipinski definition) is 2. The predicted molar refractivity (Wildman–Crippen MR) is 66.4 cm³/mol. The van der Waals surface area contributed by atoms with Crippen LogP contribution in [0.15, 0.2) is 30.3 Å². The molecule has 1 saturated carbocycles. The van der Waals surface area contributed by atoms with Crippen LogP contribution in [0.2, 0.25) is 0 Å². The van der Waals surface area contributed by atoms with Gasteiger partial charge in [-0.2, -0.15) is 0 Å². The Labute approximate surface area is 97.9 Å². The Bertz CT molecular complexity index is 308. The van der Waals surface area contributed by atoms with Crippen LogP contribution in [-0.2, 0) is 6.42 Å². The maximum absolute atomic E-state index is 9.81. The van der Waals surface area contributed by atoms with E-state index in [4.69, 9.17) is 0 Å². The molecule has 0 saturated heterocycles.